The van der Waals surface area contributed by atoms with Gasteiger partial charge in [-0.05, 0) is 6.92 Å². The van der Waals surface area contributed by atoms with E-state index in [-0.39, 0.29) is 0 Å². The van der Waals surface area contributed by atoms with Crippen LogP contribution in [0.5, 0.6) is 0 Å². The van der Waals surface area contributed by atoms with Crippen molar-refractivity contribution in [3.8, 4) is 0 Å². The van der Waals surface area contributed by atoms with Gasteiger partial charge in [0.05, 0.1) is 0 Å². The normalized spacial score (nSPS) is 11.6. The molecule has 0 aliphatic heterocycles. The zero-order valence-corrected chi connectivity index (χ0v) is 7.56. The SMILES string of the molecule is CC(C(=O)NN)N(C(N)=O)C(=O)CO. The van der Waals surface area contributed by atoms with Gasteiger partial charge in [-0.15, -0.1) is 0 Å². The van der Waals surface area contributed by atoms with Crippen LogP contribution in [0.2, 0.25) is 0 Å². The lowest BCUT2D eigenvalue weighted by atomic mass is 10.2. The Balaban J connectivity index is 4.74. The first-order valence-electron chi connectivity index (χ1n) is 3.68. The molecule has 0 saturated heterocycles. The molecule has 6 N–H and O–H groups in total. The second kappa shape index (κ2) is 5.14. The molecule has 80 valence electrons. The van der Waals surface area contributed by atoms with Gasteiger partial charge in [-0.25, -0.2) is 10.6 Å². The highest BCUT2D eigenvalue weighted by molar-refractivity contribution is 5.99. The number of nitrogens with one attached hydrogen (secondary N) is 1. The highest BCUT2D eigenvalue weighted by atomic mass is 16.3. The fourth-order valence-electron chi connectivity index (χ4n) is 0.844. The van der Waals surface area contributed by atoms with Crippen LogP contribution in [0.3, 0.4) is 0 Å². The summed E-state index contributed by atoms with van der Waals surface area (Å²) in [7, 11) is 0. The first kappa shape index (κ1) is 12.3. The van der Waals surface area contributed by atoms with Gasteiger partial charge in [-0.3, -0.25) is 19.9 Å². The predicted octanol–water partition coefficient (Wildman–Crippen LogP) is -2.74. The summed E-state index contributed by atoms with van der Waals surface area (Å²) in [5.41, 5.74) is 6.60. The zero-order valence-electron chi connectivity index (χ0n) is 7.56. The van der Waals surface area contributed by atoms with E-state index in [1.54, 1.807) is 5.43 Å². The van der Waals surface area contributed by atoms with Gasteiger partial charge >= 0.3 is 6.03 Å². The van der Waals surface area contributed by atoms with E-state index in [0.717, 1.165) is 0 Å². The Morgan fingerprint density at radius 2 is 2.00 bits per heavy atom. The molecule has 8 heteroatoms. The third kappa shape index (κ3) is 2.68. The Morgan fingerprint density at radius 3 is 2.29 bits per heavy atom. The first-order valence-corrected chi connectivity index (χ1v) is 3.68. The number of amides is 4. The number of aliphatic hydroxyl groups excluding tert-OH is 1. The van der Waals surface area contributed by atoms with Crippen LogP contribution in [0, 0.1) is 0 Å². The van der Waals surface area contributed by atoms with E-state index in [4.69, 9.17) is 16.7 Å². The molecule has 0 aromatic carbocycles. The molecule has 0 aliphatic carbocycles. The molecular formula is C6H12N4O4. The summed E-state index contributed by atoms with van der Waals surface area (Å²) in [4.78, 5) is 33.1. The summed E-state index contributed by atoms with van der Waals surface area (Å²) in [6.07, 6.45) is 0. The van der Waals surface area contributed by atoms with Crippen molar-refractivity contribution in [1.29, 1.82) is 0 Å². The number of urea groups is 1. The zero-order chi connectivity index (χ0) is 11.3. The quantitative estimate of drug-likeness (QED) is 0.224. The molecule has 1 atom stereocenters. The molecule has 0 saturated carbocycles. The van der Waals surface area contributed by atoms with Gasteiger partial charge < -0.3 is 10.8 Å². The van der Waals surface area contributed by atoms with Gasteiger partial charge in [0.1, 0.15) is 12.6 Å². The fourth-order valence-corrected chi connectivity index (χ4v) is 0.844. The number of hydrogen-bond acceptors (Lipinski definition) is 5. The summed E-state index contributed by atoms with van der Waals surface area (Å²) < 4.78 is 0. The standard InChI is InChI=1S/C6H12N4O4/c1-3(5(13)9-8)10(6(7)14)4(12)2-11/h3,11H,2,8H2,1H3,(H2,7,14)(H,9,13). The highest BCUT2D eigenvalue weighted by Gasteiger charge is 2.28. The Bertz CT molecular complexity index is 254. The Morgan fingerprint density at radius 1 is 1.50 bits per heavy atom. The molecule has 0 bridgehead atoms. The maximum absolute atomic E-state index is 11.0. The largest absolute Gasteiger partial charge is 0.387 e. The monoisotopic (exact) mass is 204 g/mol. The van der Waals surface area contributed by atoms with Crippen LogP contribution in [-0.2, 0) is 9.59 Å². The van der Waals surface area contributed by atoms with Gasteiger partial charge in [0.2, 0.25) is 0 Å². The van der Waals surface area contributed by atoms with Crippen molar-refractivity contribution in [3.05, 3.63) is 0 Å². The smallest absolute Gasteiger partial charge is 0.322 e. The van der Waals surface area contributed by atoms with Gasteiger partial charge in [0.25, 0.3) is 11.8 Å². The Kier molecular flexibility index (Phi) is 4.53. The van der Waals surface area contributed by atoms with Crippen LogP contribution < -0.4 is 17.0 Å². The number of nitrogens with two attached hydrogens (primary N) is 2. The number of aliphatic hydroxyl groups is 1. The number of hydrogen-bond donors (Lipinski definition) is 4. The van der Waals surface area contributed by atoms with Crippen molar-refractivity contribution in [1.82, 2.24) is 10.3 Å². The number of carbonyl (C=O) groups is 3. The molecule has 0 aromatic rings. The van der Waals surface area contributed by atoms with E-state index in [1.165, 1.54) is 6.92 Å². The van der Waals surface area contributed by atoms with E-state index < -0.39 is 30.5 Å². The lowest BCUT2D eigenvalue weighted by molar-refractivity contribution is -0.138. The third-order valence-electron chi connectivity index (χ3n) is 1.55. The van der Waals surface area contributed by atoms with Crippen molar-refractivity contribution in [3.63, 3.8) is 0 Å². The van der Waals surface area contributed by atoms with E-state index in [9.17, 15) is 14.4 Å². The molecule has 8 nitrogen and oxygen atoms in total. The summed E-state index contributed by atoms with van der Waals surface area (Å²) >= 11 is 0. The molecule has 0 spiro atoms. The highest BCUT2D eigenvalue weighted by Crippen LogP contribution is 1.99. The molecule has 0 radical (unpaired) electrons. The topological polar surface area (TPSA) is 139 Å². The van der Waals surface area contributed by atoms with Crippen molar-refractivity contribution < 1.29 is 19.5 Å². The minimum atomic E-state index is -1.16. The van der Waals surface area contributed by atoms with Crippen molar-refractivity contribution in [2.24, 2.45) is 11.6 Å². The molecule has 0 rings (SSSR count). The van der Waals surface area contributed by atoms with E-state index in [2.05, 4.69) is 0 Å². The van der Waals surface area contributed by atoms with E-state index >= 15 is 0 Å². The number of carbonyl (C=O) groups excluding carboxylic acids is 3. The van der Waals surface area contributed by atoms with Crippen molar-refractivity contribution in [2.75, 3.05) is 6.61 Å². The minimum absolute atomic E-state index is 0.419. The lowest BCUT2D eigenvalue weighted by Crippen LogP contribution is -2.54. The fraction of sp³-hybridized carbons (Fsp3) is 0.500. The predicted molar refractivity (Wildman–Crippen MR) is 45.3 cm³/mol. The van der Waals surface area contributed by atoms with Gasteiger partial charge in [-0.2, -0.15) is 0 Å². The second-order valence-corrected chi connectivity index (χ2v) is 2.44. The first-order chi connectivity index (χ1) is 6.45. The lowest BCUT2D eigenvalue weighted by Gasteiger charge is -2.22. The van der Waals surface area contributed by atoms with Crippen LogP contribution >= 0.6 is 0 Å². The summed E-state index contributed by atoms with van der Waals surface area (Å²) in [5, 5.41) is 8.50. The molecular weight excluding hydrogens is 192 g/mol. The van der Waals surface area contributed by atoms with Crippen LogP contribution in [0.15, 0.2) is 0 Å². The maximum atomic E-state index is 11.0. The molecule has 1 unspecified atom stereocenters. The van der Waals surface area contributed by atoms with Crippen LogP contribution in [-0.4, -0.2) is 40.5 Å². The van der Waals surface area contributed by atoms with Crippen molar-refractivity contribution >= 4 is 17.8 Å². The molecule has 0 aliphatic rings. The molecule has 0 aromatic heterocycles. The Hall–Kier alpha value is -1.67. The van der Waals surface area contributed by atoms with Crippen molar-refractivity contribution in [2.45, 2.75) is 13.0 Å². The molecule has 4 amide bonds. The summed E-state index contributed by atoms with van der Waals surface area (Å²) in [6.45, 7) is 0.339. The number of hydrazine groups is 1. The van der Waals surface area contributed by atoms with Crippen LogP contribution in [0.25, 0.3) is 0 Å². The van der Waals surface area contributed by atoms with Gasteiger partial charge in [0.15, 0.2) is 0 Å². The molecule has 14 heavy (non-hydrogen) atoms. The summed E-state index contributed by atoms with van der Waals surface area (Å²) in [5.74, 6) is 3.08. The second-order valence-electron chi connectivity index (χ2n) is 2.44. The average Bonchev–Trinajstić information content (AvgIpc) is 2.15. The number of nitrogens with zero attached hydrogens (tertiary/aromatic N) is 1. The number of primary amides is 1. The van der Waals surface area contributed by atoms with E-state index in [1.807, 2.05) is 0 Å². The number of imide groups is 1. The van der Waals surface area contributed by atoms with Crippen LogP contribution in [0.4, 0.5) is 4.79 Å². The number of rotatable bonds is 3. The van der Waals surface area contributed by atoms with Crippen LogP contribution in [0.1, 0.15) is 6.92 Å². The minimum Gasteiger partial charge on any atom is -0.387 e. The van der Waals surface area contributed by atoms with E-state index in [0.29, 0.717) is 4.90 Å². The molecule has 0 heterocycles. The van der Waals surface area contributed by atoms with Gasteiger partial charge in [-0.1, -0.05) is 0 Å². The summed E-state index contributed by atoms with van der Waals surface area (Å²) in [6, 6.07) is -2.28. The third-order valence-corrected chi connectivity index (χ3v) is 1.55. The molecule has 0 fully saturated rings. The maximum Gasteiger partial charge on any atom is 0.322 e. The average molecular weight is 204 g/mol. The Labute approximate surface area is 79.8 Å². The van der Waals surface area contributed by atoms with Gasteiger partial charge in [0, 0.05) is 0 Å².